The molecule has 0 spiro atoms. The van der Waals surface area contributed by atoms with E-state index in [9.17, 15) is 10.3 Å². The van der Waals surface area contributed by atoms with Gasteiger partial charge in [-0.3, -0.25) is 5.21 Å². The third kappa shape index (κ3) is 3.08. The normalized spacial score (nSPS) is 12.2. The van der Waals surface area contributed by atoms with Gasteiger partial charge in [-0.1, -0.05) is 23.8 Å². The second kappa shape index (κ2) is 5.68. The molecule has 1 aromatic carbocycles. The maximum atomic E-state index is 9.73. The Balaban J connectivity index is 3.01. The zero-order chi connectivity index (χ0) is 12.1. The van der Waals surface area contributed by atoms with Gasteiger partial charge in [-0.2, -0.15) is 0 Å². The van der Waals surface area contributed by atoms with Crippen LogP contribution in [-0.4, -0.2) is 16.5 Å². The van der Waals surface area contributed by atoms with Crippen LogP contribution in [-0.2, 0) is 6.42 Å². The summed E-state index contributed by atoms with van der Waals surface area (Å²) in [5.74, 6) is 0. The van der Waals surface area contributed by atoms with E-state index in [1.54, 1.807) is 0 Å². The molecule has 0 aliphatic carbocycles. The Morgan fingerprint density at radius 3 is 2.75 bits per heavy atom. The quantitative estimate of drug-likeness (QED) is 0.456. The number of hydroxylamine groups is 1. The van der Waals surface area contributed by atoms with E-state index in [0.717, 1.165) is 29.0 Å². The van der Waals surface area contributed by atoms with E-state index in [1.165, 1.54) is 6.92 Å². The van der Waals surface area contributed by atoms with Gasteiger partial charge in [0.15, 0.2) is 0 Å². The zero-order valence-corrected chi connectivity index (χ0v) is 9.85. The van der Waals surface area contributed by atoms with E-state index in [2.05, 4.69) is 6.58 Å². The number of hydrogen-bond donors (Lipinski definition) is 2. The van der Waals surface area contributed by atoms with Crippen LogP contribution in [0.25, 0.3) is 0 Å². The van der Waals surface area contributed by atoms with Gasteiger partial charge in [-0.25, -0.2) is 5.06 Å². The fourth-order valence-electron chi connectivity index (χ4n) is 1.60. The molecule has 0 radical (unpaired) electrons. The van der Waals surface area contributed by atoms with Crippen LogP contribution in [0.3, 0.4) is 0 Å². The molecular formula is C13H19NO2. The maximum absolute atomic E-state index is 9.73. The second-order valence-corrected chi connectivity index (χ2v) is 3.94. The van der Waals surface area contributed by atoms with Crippen molar-refractivity contribution in [3.8, 4) is 0 Å². The molecule has 1 aromatic rings. The number of anilines is 1. The molecule has 0 aliphatic heterocycles. The summed E-state index contributed by atoms with van der Waals surface area (Å²) in [5.41, 5.74) is 2.81. The molecule has 88 valence electrons. The Morgan fingerprint density at radius 1 is 1.50 bits per heavy atom. The highest BCUT2D eigenvalue weighted by Crippen LogP contribution is 2.23. The number of rotatable bonds is 5. The van der Waals surface area contributed by atoms with Crippen LogP contribution in [0.1, 0.15) is 24.5 Å². The highest BCUT2D eigenvalue weighted by Gasteiger charge is 2.12. The zero-order valence-electron chi connectivity index (χ0n) is 9.85. The van der Waals surface area contributed by atoms with Crippen molar-refractivity contribution >= 4 is 5.69 Å². The molecule has 16 heavy (non-hydrogen) atoms. The number of hydrogen-bond acceptors (Lipinski definition) is 3. The minimum absolute atomic E-state index is 0.655. The van der Waals surface area contributed by atoms with E-state index in [1.807, 2.05) is 31.2 Å². The van der Waals surface area contributed by atoms with E-state index in [4.69, 9.17) is 0 Å². The van der Waals surface area contributed by atoms with Crippen molar-refractivity contribution in [1.29, 1.82) is 0 Å². The minimum Gasteiger partial charge on any atom is -0.372 e. The first-order valence-electron chi connectivity index (χ1n) is 5.43. The summed E-state index contributed by atoms with van der Waals surface area (Å²) < 4.78 is 0. The van der Waals surface area contributed by atoms with Crippen molar-refractivity contribution in [2.75, 3.05) is 5.06 Å². The molecule has 1 atom stereocenters. The van der Waals surface area contributed by atoms with Crippen LogP contribution in [0.5, 0.6) is 0 Å². The van der Waals surface area contributed by atoms with E-state index >= 15 is 0 Å². The Hall–Kier alpha value is -1.32. The first kappa shape index (κ1) is 12.7. The average Bonchev–Trinajstić information content (AvgIpc) is 2.25. The molecule has 0 saturated heterocycles. The predicted molar refractivity (Wildman–Crippen MR) is 65.6 cm³/mol. The van der Waals surface area contributed by atoms with Gasteiger partial charge in [-0.05, 0) is 38.3 Å². The summed E-state index contributed by atoms with van der Waals surface area (Å²) >= 11 is 0. The topological polar surface area (TPSA) is 43.7 Å². The second-order valence-electron chi connectivity index (χ2n) is 3.94. The molecule has 1 rings (SSSR count). The standard InChI is InChI=1S/C13H19NO2/c1-4-5-6-12-9-10(2)7-8-13(12)14(16)11(3)15/h4,7-9,11,15-16H,1,5-6H2,2-3H3. The van der Waals surface area contributed by atoms with Gasteiger partial charge in [-0.15, -0.1) is 6.58 Å². The van der Waals surface area contributed by atoms with Crippen molar-refractivity contribution in [3.63, 3.8) is 0 Å². The van der Waals surface area contributed by atoms with Gasteiger partial charge in [0.1, 0.15) is 6.23 Å². The van der Waals surface area contributed by atoms with Crippen LogP contribution in [0, 0.1) is 6.92 Å². The Labute approximate surface area is 96.6 Å². The molecule has 0 amide bonds. The smallest absolute Gasteiger partial charge is 0.148 e. The molecule has 0 saturated carbocycles. The monoisotopic (exact) mass is 221 g/mol. The minimum atomic E-state index is -0.912. The van der Waals surface area contributed by atoms with Gasteiger partial charge in [0, 0.05) is 0 Å². The Morgan fingerprint density at radius 2 is 2.19 bits per heavy atom. The highest BCUT2D eigenvalue weighted by atomic mass is 16.5. The molecular weight excluding hydrogens is 202 g/mol. The van der Waals surface area contributed by atoms with Gasteiger partial charge >= 0.3 is 0 Å². The van der Waals surface area contributed by atoms with E-state index in [-0.39, 0.29) is 0 Å². The number of aliphatic hydroxyl groups is 1. The van der Waals surface area contributed by atoms with Crippen LogP contribution < -0.4 is 5.06 Å². The van der Waals surface area contributed by atoms with Gasteiger partial charge in [0.2, 0.25) is 0 Å². The largest absolute Gasteiger partial charge is 0.372 e. The van der Waals surface area contributed by atoms with Gasteiger partial charge < -0.3 is 5.11 Å². The molecule has 0 bridgehead atoms. The van der Waals surface area contributed by atoms with Crippen LogP contribution in [0.15, 0.2) is 30.9 Å². The fourth-order valence-corrected chi connectivity index (χ4v) is 1.60. The summed E-state index contributed by atoms with van der Waals surface area (Å²) in [4.78, 5) is 0. The Kier molecular flexibility index (Phi) is 4.52. The predicted octanol–water partition coefficient (Wildman–Crippen LogP) is 2.65. The van der Waals surface area contributed by atoms with Crippen molar-refractivity contribution in [3.05, 3.63) is 42.0 Å². The lowest BCUT2D eigenvalue weighted by Crippen LogP contribution is -2.29. The number of benzene rings is 1. The average molecular weight is 221 g/mol. The number of aryl methyl sites for hydroxylation is 2. The number of aliphatic hydroxyl groups excluding tert-OH is 1. The molecule has 2 N–H and O–H groups in total. The first-order chi connectivity index (χ1) is 7.56. The maximum Gasteiger partial charge on any atom is 0.148 e. The molecule has 0 fully saturated rings. The Bertz CT molecular complexity index is 361. The fraction of sp³-hybridized carbons (Fsp3) is 0.385. The van der Waals surface area contributed by atoms with Gasteiger partial charge in [0.05, 0.1) is 5.69 Å². The lowest BCUT2D eigenvalue weighted by Gasteiger charge is -2.23. The van der Waals surface area contributed by atoms with E-state index in [0.29, 0.717) is 5.69 Å². The summed E-state index contributed by atoms with van der Waals surface area (Å²) in [5, 5.41) is 20.0. The lowest BCUT2D eigenvalue weighted by atomic mass is 10.0. The molecule has 0 aromatic heterocycles. The van der Waals surface area contributed by atoms with Crippen LogP contribution >= 0.6 is 0 Å². The van der Waals surface area contributed by atoms with E-state index < -0.39 is 6.23 Å². The van der Waals surface area contributed by atoms with Crippen molar-refractivity contribution < 1.29 is 10.3 Å². The summed E-state index contributed by atoms with van der Waals surface area (Å²) in [6.07, 6.45) is 2.59. The number of nitrogens with zero attached hydrogens (tertiary/aromatic N) is 1. The third-order valence-electron chi connectivity index (χ3n) is 2.45. The van der Waals surface area contributed by atoms with Gasteiger partial charge in [0.25, 0.3) is 0 Å². The summed E-state index contributed by atoms with van der Waals surface area (Å²) in [6, 6.07) is 5.75. The number of allylic oxidation sites excluding steroid dienone is 1. The third-order valence-corrected chi connectivity index (χ3v) is 2.45. The van der Waals surface area contributed by atoms with Crippen LogP contribution in [0.4, 0.5) is 5.69 Å². The van der Waals surface area contributed by atoms with Crippen molar-refractivity contribution in [2.45, 2.75) is 32.9 Å². The SMILES string of the molecule is C=CCCc1cc(C)ccc1N(O)C(C)O. The molecule has 3 nitrogen and oxygen atoms in total. The van der Waals surface area contributed by atoms with Crippen molar-refractivity contribution in [2.24, 2.45) is 0 Å². The molecule has 0 heterocycles. The highest BCUT2D eigenvalue weighted by molar-refractivity contribution is 5.53. The summed E-state index contributed by atoms with van der Waals surface area (Å²) in [7, 11) is 0. The van der Waals surface area contributed by atoms with Crippen LogP contribution in [0.2, 0.25) is 0 Å². The summed E-state index contributed by atoms with van der Waals surface area (Å²) in [6.45, 7) is 7.21. The lowest BCUT2D eigenvalue weighted by molar-refractivity contribution is 0.0792. The molecule has 1 unspecified atom stereocenters. The molecule has 3 heteroatoms. The van der Waals surface area contributed by atoms with Crippen molar-refractivity contribution in [1.82, 2.24) is 0 Å². The molecule has 0 aliphatic rings. The first-order valence-corrected chi connectivity index (χ1v) is 5.43.